The first-order chi connectivity index (χ1) is 7.16. The van der Waals surface area contributed by atoms with Crippen molar-refractivity contribution >= 4 is 16.7 Å². The van der Waals surface area contributed by atoms with Crippen LogP contribution in [0.5, 0.6) is 0 Å². The highest BCUT2D eigenvalue weighted by Crippen LogP contribution is 2.31. The van der Waals surface area contributed by atoms with Crippen molar-refractivity contribution in [1.82, 2.24) is 4.98 Å². The second-order valence-corrected chi connectivity index (χ2v) is 3.71. The summed E-state index contributed by atoms with van der Waals surface area (Å²) in [6.45, 7) is 0. The molecule has 0 aliphatic heterocycles. The van der Waals surface area contributed by atoms with Crippen LogP contribution in [0.3, 0.4) is 0 Å². The smallest absolute Gasteiger partial charge is 0.179 e. The third-order valence-corrected chi connectivity index (χ3v) is 2.81. The fourth-order valence-electron chi connectivity index (χ4n) is 2.13. The number of carbonyl (C=O) groups is 1. The van der Waals surface area contributed by atoms with E-state index in [4.69, 9.17) is 0 Å². The Morgan fingerprint density at radius 2 is 2.00 bits per heavy atom. The molecule has 1 aromatic heterocycles. The van der Waals surface area contributed by atoms with Gasteiger partial charge in [0.1, 0.15) is 11.6 Å². The van der Waals surface area contributed by atoms with Gasteiger partial charge in [0.25, 0.3) is 0 Å². The van der Waals surface area contributed by atoms with Gasteiger partial charge in [0.05, 0.1) is 11.2 Å². The third-order valence-electron chi connectivity index (χ3n) is 2.81. The van der Waals surface area contributed by atoms with Gasteiger partial charge in [0.15, 0.2) is 5.78 Å². The number of Topliss-reactive ketones (excluding diaryl/α,β-unsaturated/α-hetero) is 1. The van der Waals surface area contributed by atoms with Gasteiger partial charge in [-0.15, -0.1) is 0 Å². The molecular formula is C11H7F2NO. The number of hydrogen-bond acceptors (Lipinski definition) is 1. The predicted molar refractivity (Wildman–Crippen MR) is 50.9 cm³/mol. The Labute approximate surface area is 83.9 Å². The molecule has 15 heavy (non-hydrogen) atoms. The first kappa shape index (κ1) is 8.59. The van der Waals surface area contributed by atoms with Crippen molar-refractivity contribution in [1.29, 1.82) is 0 Å². The average molecular weight is 207 g/mol. The number of benzene rings is 1. The molecule has 4 heteroatoms. The number of aromatic nitrogens is 1. The SMILES string of the molecule is O=C1CCc2c1[nH]c1c(F)cc(F)cc21. The van der Waals surface area contributed by atoms with Gasteiger partial charge in [-0.3, -0.25) is 4.79 Å². The number of rotatable bonds is 0. The molecule has 1 N–H and O–H groups in total. The van der Waals surface area contributed by atoms with E-state index in [1.165, 1.54) is 6.07 Å². The molecule has 1 aliphatic carbocycles. The van der Waals surface area contributed by atoms with Crippen LogP contribution in [0.4, 0.5) is 8.78 Å². The van der Waals surface area contributed by atoms with Crippen LogP contribution >= 0.6 is 0 Å². The first-order valence-corrected chi connectivity index (χ1v) is 4.69. The highest BCUT2D eigenvalue weighted by Gasteiger charge is 2.25. The lowest BCUT2D eigenvalue weighted by Gasteiger charge is -1.95. The molecule has 1 aromatic carbocycles. The lowest BCUT2D eigenvalue weighted by atomic mass is 10.1. The van der Waals surface area contributed by atoms with Crippen LogP contribution in [-0.4, -0.2) is 10.8 Å². The van der Waals surface area contributed by atoms with Gasteiger partial charge in [-0.1, -0.05) is 0 Å². The molecule has 0 saturated carbocycles. The maximum Gasteiger partial charge on any atom is 0.179 e. The van der Waals surface area contributed by atoms with Gasteiger partial charge < -0.3 is 4.98 Å². The molecule has 0 radical (unpaired) electrons. The number of fused-ring (bicyclic) bond motifs is 3. The van der Waals surface area contributed by atoms with E-state index < -0.39 is 11.6 Å². The van der Waals surface area contributed by atoms with Crippen LogP contribution in [0.25, 0.3) is 10.9 Å². The third kappa shape index (κ3) is 1.04. The number of hydrogen-bond donors (Lipinski definition) is 1. The molecule has 0 spiro atoms. The molecule has 76 valence electrons. The van der Waals surface area contributed by atoms with E-state index in [1.54, 1.807) is 0 Å². The second kappa shape index (κ2) is 2.66. The molecule has 3 rings (SSSR count). The standard InChI is InChI=1S/C11H7F2NO/c12-5-3-7-6-1-2-9(15)11(6)14-10(7)8(13)4-5/h3-4,14H,1-2H2. The number of H-pyrrole nitrogens is 1. The molecule has 0 amide bonds. The van der Waals surface area contributed by atoms with Crippen molar-refractivity contribution in [3.8, 4) is 0 Å². The molecular weight excluding hydrogens is 200 g/mol. The quantitative estimate of drug-likeness (QED) is 0.707. The van der Waals surface area contributed by atoms with E-state index in [-0.39, 0.29) is 11.3 Å². The largest absolute Gasteiger partial charge is 0.349 e. The monoisotopic (exact) mass is 207 g/mol. The summed E-state index contributed by atoms with van der Waals surface area (Å²) in [5.74, 6) is -1.28. The van der Waals surface area contributed by atoms with E-state index in [0.29, 0.717) is 23.9 Å². The number of aromatic amines is 1. The molecule has 0 saturated heterocycles. The fraction of sp³-hybridized carbons (Fsp3) is 0.182. The number of aryl methyl sites for hydroxylation is 1. The van der Waals surface area contributed by atoms with Gasteiger partial charge in [0, 0.05) is 17.9 Å². The van der Waals surface area contributed by atoms with Crippen LogP contribution in [0.15, 0.2) is 12.1 Å². The summed E-state index contributed by atoms with van der Waals surface area (Å²) in [6, 6.07) is 2.09. The summed E-state index contributed by atoms with van der Waals surface area (Å²) in [6.07, 6.45) is 0.992. The van der Waals surface area contributed by atoms with Crippen molar-refractivity contribution in [2.45, 2.75) is 12.8 Å². The maximum atomic E-state index is 13.3. The van der Waals surface area contributed by atoms with Gasteiger partial charge >= 0.3 is 0 Å². The van der Waals surface area contributed by atoms with Crippen molar-refractivity contribution < 1.29 is 13.6 Å². The molecule has 2 nitrogen and oxygen atoms in total. The first-order valence-electron chi connectivity index (χ1n) is 4.69. The van der Waals surface area contributed by atoms with Crippen LogP contribution in [0.2, 0.25) is 0 Å². The van der Waals surface area contributed by atoms with Gasteiger partial charge in [-0.05, 0) is 18.1 Å². The zero-order valence-electron chi connectivity index (χ0n) is 7.73. The maximum absolute atomic E-state index is 13.3. The van der Waals surface area contributed by atoms with Crippen LogP contribution in [0, 0.1) is 11.6 Å². The predicted octanol–water partition coefficient (Wildman–Crippen LogP) is 2.58. The summed E-state index contributed by atoms with van der Waals surface area (Å²) < 4.78 is 26.3. The normalized spacial score (nSPS) is 14.9. The Balaban J connectivity index is 2.44. The van der Waals surface area contributed by atoms with Crippen molar-refractivity contribution in [3.63, 3.8) is 0 Å². The van der Waals surface area contributed by atoms with E-state index in [1.807, 2.05) is 0 Å². The van der Waals surface area contributed by atoms with E-state index in [9.17, 15) is 13.6 Å². The van der Waals surface area contributed by atoms with Crippen molar-refractivity contribution in [3.05, 3.63) is 35.0 Å². The van der Waals surface area contributed by atoms with Crippen LogP contribution in [0.1, 0.15) is 22.5 Å². The second-order valence-electron chi connectivity index (χ2n) is 3.71. The molecule has 0 atom stereocenters. The molecule has 0 fully saturated rings. The topological polar surface area (TPSA) is 32.9 Å². The summed E-state index contributed by atoms with van der Waals surface area (Å²) in [5, 5.41) is 0.494. The number of nitrogens with one attached hydrogen (secondary N) is 1. The van der Waals surface area contributed by atoms with Gasteiger partial charge in [-0.2, -0.15) is 0 Å². The van der Waals surface area contributed by atoms with Crippen LogP contribution < -0.4 is 0 Å². The summed E-state index contributed by atoms with van der Waals surface area (Å²) in [5.41, 5.74) is 1.41. The Morgan fingerprint density at radius 3 is 2.80 bits per heavy atom. The highest BCUT2D eigenvalue weighted by atomic mass is 19.1. The average Bonchev–Trinajstić information content (AvgIpc) is 2.68. The molecule has 0 unspecified atom stereocenters. The zero-order valence-corrected chi connectivity index (χ0v) is 7.73. The minimum atomic E-state index is -0.646. The van der Waals surface area contributed by atoms with E-state index in [0.717, 1.165) is 11.6 Å². The zero-order chi connectivity index (χ0) is 10.6. The number of ketones is 1. The number of carbonyl (C=O) groups excluding carboxylic acids is 1. The lowest BCUT2D eigenvalue weighted by Crippen LogP contribution is -1.91. The number of halogens is 2. The highest BCUT2D eigenvalue weighted by molar-refractivity contribution is 6.05. The summed E-state index contributed by atoms with van der Waals surface area (Å²) in [4.78, 5) is 14.1. The van der Waals surface area contributed by atoms with Gasteiger partial charge in [-0.25, -0.2) is 8.78 Å². The van der Waals surface area contributed by atoms with Crippen molar-refractivity contribution in [2.75, 3.05) is 0 Å². The summed E-state index contributed by atoms with van der Waals surface area (Å²) >= 11 is 0. The Kier molecular flexibility index (Phi) is 1.52. The lowest BCUT2D eigenvalue weighted by molar-refractivity contribution is 0.0990. The molecule has 1 aliphatic rings. The Hall–Kier alpha value is -1.71. The Bertz CT molecular complexity index is 586. The molecule has 0 bridgehead atoms. The van der Waals surface area contributed by atoms with Crippen LogP contribution in [-0.2, 0) is 6.42 Å². The van der Waals surface area contributed by atoms with E-state index >= 15 is 0 Å². The molecule has 2 aromatic rings. The molecule has 1 heterocycles. The summed E-state index contributed by atoms with van der Waals surface area (Å²) in [7, 11) is 0. The van der Waals surface area contributed by atoms with Crippen molar-refractivity contribution in [2.24, 2.45) is 0 Å². The fourth-order valence-corrected chi connectivity index (χ4v) is 2.13. The minimum Gasteiger partial charge on any atom is -0.349 e. The van der Waals surface area contributed by atoms with Gasteiger partial charge in [0.2, 0.25) is 0 Å². The minimum absolute atomic E-state index is 0.0268. The Morgan fingerprint density at radius 1 is 1.20 bits per heavy atom. The van der Waals surface area contributed by atoms with E-state index in [2.05, 4.69) is 4.98 Å².